The monoisotopic (exact) mass is 242 g/mol. The average molecular weight is 242 g/mol. The van der Waals surface area contributed by atoms with Crippen LogP contribution in [0.3, 0.4) is 0 Å². The van der Waals surface area contributed by atoms with Crippen molar-refractivity contribution in [1.82, 2.24) is 4.98 Å². The largest absolute Gasteiger partial charge is 0.327 e. The SMILES string of the molecule is Cc1cc2ccccc2nc1C(C(C)C)C(C)N. The number of aromatic nitrogens is 1. The Morgan fingerprint density at radius 3 is 2.39 bits per heavy atom. The smallest absolute Gasteiger partial charge is 0.0705 e. The molecule has 2 aromatic rings. The third-order valence-electron chi connectivity index (χ3n) is 3.55. The number of para-hydroxylation sites is 1. The van der Waals surface area contributed by atoms with Crippen LogP contribution in [0.25, 0.3) is 10.9 Å². The molecule has 1 aromatic heterocycles. The highest BCUT2D eigenvalue weighted by molar-refractivity contribution is 5.79. The summed E-state index contributed by atoms with van der Waals surface area (Å²) >= 11 is 0. The highest BCUT2D eigenvalue weighted by atomic mass is 14.8. The lowest BCUT2D eigenvalue weighted by Gasteiger charge is -2.26. The molecule has 0 aliphatic carbocycles. The van der Waals surface area contributed by atoms with Gasteiger partial charge < -0.3 is 5.73 Å². The topological polar surface area (TPSA) is 38.9 Å². The predicted molar refractivity (Wildman–Crippen MR) is 77.7 cm³/mol. The van der Waals surface area contributed by atoms with Gasteiger partial charge in [-0.25, -0.2) is 0 Å². The molecule has 0 saturated heterocycles. The van der Waals surface area contributed by atoms with Crippen molar-refractivity contribution in [3.05, 3.63) is 41.6 Å². The number of nitrogens with zero attached hydrogens (tertiary/aromatic N) is 1. The molecule has 0 fully saturated rings. The lowest BCUT2D eigenvalue weighted by molar-refractivity contribution is 0.426. The summed E-state index contributed by atoms with van der Waals surface area (Å²) in [6.07, 6.45) is 0. The van der Waals surface area contributed by atoms with E-state index in [0.717, 1.165) is 11.2 Å². The predicted octanol–water partition coefficient (Wildman–Crippen LogP) is 3.63. The second kappa shape index (κ2) is 5.07. The molecule has 2 rings (SSSR count). The molecule has 2 N–H and O–H groups in total. The van der Waals surface area contributed by atoms with Gasteiger partial charge in [-0.3, -0.25) is 4.98 Å². The van der Waals surface area contributed by atoms with Crippen LogP contribution >= 0.6 is 0 Å². The van der Waals surface area contributed by atoms with E-state index in [-0.39, 0.29) is 6.04 Å². The lowest BCUT2D eigenvalue weighted by atomic mass is 9.84. The molecule has 2 heteroatoms. The molecule has 96 valence electrons. The molecular weight excluding hydrogens is 220 g/mol. The van der Waals surface area contributed by atoms with Crippen molar-refractivity contribution in [2.75, 3.05) is 0 Å². The molecule has 0 aliphatic heterocycles. The van der Waals surface area contributed by atoms with Crippen LogP contribution in [0.2, 0.25) is 0 Å². The van der Waals surface area contributed by atoms with Crippen LogP contribution in [0, 0.1) is 12.8 Å². The molecule has 0 saturated carbocycles. The second-order valence-corrected chi connectivity index (χ2v) is 5.51. The van der Waals surface area contributed by atoms with E-state index in [0.29, 0.717) is 11.8 Å². The lowest BCUT2D eigenvalue weighted by Crippen LogP contribution is -2.29. The summed E-state index contributed by atoms with van der Waals surface area (Å²) in [5, 5.41) is 1.20. The summed E-state index contributed by atoms with van der Waals surface area (Å²) in [6.45, 7) is 8.63. The van der Waals surface area contributed by atoms with Crippen LogP contribution in [-0.2, 0) is 0 Å². The van der Waals surface area contributed by atoms with Crippen LogP contribution in [0.15, 0.2) is 30.3 Å². The van der Waals surface area contributed by atoms with Gasteiger partial charge in [-0.2, -0.15) is 0 Å². The maximum atomic E-state index is 6.14. The second-order valence-electron chi connectivity index (χ2n) is 5.51. The van der Waals surface area contributed by atoms with E-state index in [1.165, 1.54) is 10.9 Å². The first kappa shape index (κ1) is 13.0. The Morgan fingerprint density at radius 1 is 1.11 bits per heavy atom. The van der Waals surface area contributed by atoms with Gasteiger partial charge in [0.1, 0.15) is 0 Å². The van der Waals surface area contributed by atoms with E-state index < -0.39 is 0 Å². The van der Waals surface area contributed by atoms with Crippen molar-refractivity contribution in [1.29, 1.82) is 0 Å². The third kappa shape index (κ3) is 2.39. The Labute approximate surface area is 109 Å². The molecule has 0 aliphatic rings. The molecule has 1 aromatic carbocycles. The van der Waals surface area contributed by atoms with Crippen molar-refractivity contribution in [3.63, 3.8) is 0 Å². The first-order chi connectivity index (χ1) is 8.50. The zero-order valence-electron chi connectivity index (χ0n) is 11.6. The highest BCUT2D eigenvalue weighted by Gasteiger charge is 2.23. The highest BCUT2D eigenvalue weighted by Crippen LogP contribution is 2.29. The van der Waals surface area contributed by atoms with E-state index in [1.807, 2.05) is 6.07 Å². The Balaban J connectivity index is 2.59. The zero-order chi connectivity index (χ0) is 13.3. The summed E-state index contributed by atoms with van der Waals surface area (Å²) in [5.41, 5.74) is 9.59. The molecule has 2 nitrogen and oxygen atoms in total. The van der Waals surface area contributed by atoms with Crippen LogP contribution in [0.5, 0.6) is 0 Å². The van der Waals surface area contributed by atoms with E-state index in [2.05, 4.69) is 52.0 Å². The number of benzene rings is 1. The zero-order valence-corrected chi connectivity index (χ0v) is 11.6. The minimum absolute atomic E-state index is 0.123. The van der Waals surface area contributed by atoms with Gasteiger partial charge in [0, 0.05) is 23.0 Å². The van der Waals surface area contributed by atoms with Gasteiger partial charge in [0.2, 0.25) is 0 Å². The number of pyridine rings is 1. The van der Waals surface area contributed by atoms with E-state index in [4.69, 9.17) is 10.7 Å². The van der Waals surface area contributed by atoms with Gasteiger partial charge in [0.15, 0.2) is 0 Å². The normalized spacial score (nSPS) is 15.0. The van der Waals surface area contributed by atoms with Gasteiger partial charge in [-0.05, 0) is 37.5 Å². The summed E-state index contributed by atoms with van der Waals surface area (Å²) in [4.78, 5) is 4.84. The molecule has 0 bridgehead atoms. The summed E-state index contributed by atoms with van der Waals surface area (Å²) < 4.78 is 0. The first-order valence-corrected chi connectivity index (χ1v) is 6.62. The van der Waals surface area contributed by atoms with E-state index in [1.54, 1.807) is 0 Å². The Hall–Kier alpha value is -1.41. The van der Waals surface area contributed by atoms with Crippen LogP contribution < -0.4 is 5.73 Å². The van der Waals surface area contributed by atoms with Crippen molar-refractivity contribution in [3.8, 4) is 0 Å². The van der Waals surface area contributed by atoms with Gasteiger partial charge in [0.25, 0.3) is 0 Å². The maximum absolute atomic E-state index is 6.14. The molecule has 0 amide bonds. The van der Waals surface area contributed by atoms with Gasteiger partial charge in [-0.15, -0.1) is 0 Å². The number of hydrogen-bond donors (Lipinski definition) is 1. The quantitative estimate of drug-likeness (QED) is 0.892. The van der Waals surface area contributed by atoms with E-state index >= 15 is 0 Å². The number of aryl methyl sites for hydroxylation is 1. The van der Waals surface area contributed by atoms with E-state index in [9.17, 15) is 0 Å². The maximum Gasteiger partial charge on any atom is 0.0705 e. The van der Waals surface area contributed by atoms with Gasteiger partial charge in [-0.1, -0.05) is 32.0 Å². The molecule has 1 heterocycles. The fourth-order valence-electron chi connectivity index (χ4n) is 2.75. The standard InChI is InChI=1S/C16H22N2/c1-10(2)15(12(4)17)16-11(3)9-13-7-5-6-8-14(13)18-16/h5-10,12,15H,17H2,1-4H3. The minimum Gasteiger partial charge on any atom is -0.327 e. The molecule has 0 radical (unpaired) electrons. The van der Waals surface area contributed by atoms with Crippen molar-refractivity contribution < 1.29 is 0 Å². The molecule has 2 unspecified atom stereocenters. The summed E-state index contributed by atoms with van der Waals surface area (Å²) in [5.74, 6) is 0.812. The van der Waals surface area contributed by atoms with Crippen LogP contribution in [0.4, 0.5) is 0 Å². The van der Waals surface area contributed by atoms with Gasteiger partial charge in [0.05, 0.1) is 5.52 Å². The van der Waals surface area contributed by atoms with Crippen LogP contribution in [-0.4, -0.2) is 11.0 Å². The number of rotatable bonds is 3. The molecule has 2 atom stereocenters. The Bertz CT molecular complexity index is 536. The average Bonchev–Trinajstić information content (AvgIpc) is 2.29. The Morgan fingerprint density at radius 2 is 1.78 bits per heavy atom. The van der Waals surface area contributed by atoms with Crippen molar-refractivity contribution in [2.45, 2.75) is 39.7 Å². The Kier molecular flexibility index (Phi) is 3.67. The van der Waals surface area contributed by atoms with Gasteiger partial charge >= 0.3 is 0 Å². The number of nitrogens with two attached hydrogens (primary N) is 1. The number of hydrogen-bond acceptors (Lipinski definition) is 2. The van der Waals surface area contributed by atoms with Crippen molar-refractivity contribution >= 4 is 10.9 Å². The van der Waals surface area contributed by atoms with Crippen LogP contribution in [0.1, 0.15) is 37.9 Å². The van der Waals surface area contributed by atoms with Crippen molar-refractivity contribution in [2.24, 2.45) is 11.7 Å². The fraction of sp³-hybridized carbons (Fsp3) is 0.438. The minimum atomic E-state index is 0.123. The fourth-order valence-corrected chi connectivity index (χ4v) is 2.75. The summed E-state index contributed by atoms with van der Waals surface area (Å²) in [7, 11) is 0. The summed E-state index contributed by atoms with van der Waals surface area (Å²) in [6, 6.07) is 10.6. The molecular formula is C16H22N2. The number of fused-ring (bicyclic) bond motifs is 1. The molecule has 0 spiro atoms. The third-order valence-corrected chi connectivity index (χ3v) is 3.55. The first-order valence-electron chi connectivity index (χ1n) is 6.62. The molecule has 18 heavy (non-hydrogen) atoms.